The van der Waals surface area contributed by atoms with Crippen LogP contribution in [-0.4, -0.2) is 59.4 Å². The van der Waals surface area contributed by atoms with Gasteiger partial charge in [-0.15, -0.1) is 11.3 Å². The Morgan fingerprint density at radius 1 is 1.12 bits per heavy atom. The largest absolute Gasteiger partial charge is 0.359 e. The van der Waals surface area contributed by atoms with Crippen LogP contribution in [0.2, 0.25) is 0 Å². The van der Waals surface area contributed by atoms with Gasteiger partial charge in [0.1, 0.15) is 10.7 Å². The van der Waals surface area contributed by atoms with Crippen molar-refractivity contribution in [1.82, 2.24) is 30.5 Å². The number of thiazole rings is 1. The van der Waals surface area contributed by atoms with Crippen molar-refractivity contribution in [2.24, 2.45) is 0 Å². The van der Waals surface area contributed by atoms with E-state index in [-0.39, 0.29) is 17.7 Å². The number of nitrogens with zero attached hydrogens (tertiary/aromatic N) is 3. The molecule has 1 aromatic carbocycles. The van der Waals surface area contributed by atoms with Gasteiger partial charge in [0, 0.05) is 32.5 Å². The maximum atomic E-state index is 12.4. The quantitative estimate of drug-likeness (QED) is 0.322. The van der Waals surface area contributed by atoms with Gasteiger partial charge < -0.3 is 20.5 Å². The van der Waals surface area contributed by atoms with Crippen molar-refractivity contribution in [3.05, 3.63) is 58.4 Å². The highest BCUT2D eigenvalue weighted by atomic mass is 32.1. The van der Waals surface area contributed by atoms with Gasteiger partial charge in [-0.05, 0) is 38.1 Å². The molecule has 0 aliphatic rings. The number of imidazole rings is 1. The van der Waals surface area contributed by atoms with Gasteiger partial charge in [0.25, 0.3) is 5.91 Å². The van der Waals surface area contributed by atoms with E-state index in [9.17, 15) is 9.59 Å². The summed E-state index contributed by atoms with van der Waals surface area (Å²) < 4.78 is 0. The fraction of sp³-hybridized carbons (Fsp3) is 0.440. The van der Waals surface area contributed by atoms with Crippen LogP contribution in [0.5, 0.6) is 0 Å². The predicted octanol–water partition coefficient (Wildman–Crippen LogP) is 3.80. The summed E-state index contributed by atoms with van der Waals surface area (Å²) in [6.45, 7) is 1.39. The van der Waals surface area contributed by atoms with Crippen LogP contribution in [0.25, 0.3) is 11.3 Å². The number of H-pyrrole nitrogens is 1. The highest BCUT2D eigenvalue weighted by Crippen LogP contribution is 2.24. The zero-order valence-corrected chi connectivity index (χ0v) is 21.0. The Morgan fingerprint density at radius 3 is 2.59 bits per heavy atom. The Bertz CT molecular complexity index is 1030. The molecule has 3 aromatic rings. The Morgan fingerprint density at radius 2 is 1.91 bits per heavy atom. The molecule has 1 atom stereocenters. The molecule has 8 nitrogen and oxygen atoms in total. The molecule has 3 N–H and O–H groups in total. The molecule has 9 heteroatoms. The molecular formula is C25H34N6O2S. The second kappa shape index (κ2) is 13.0. The number of carbonyl (C=O) groups is 2. The first kappa shape index (κ1) is 25.6. The molecule has 0 aliphatic heterocycles. The molecule has 182 valence electrons. The van der Waals surface area contributed by atoms with Crippen LogP contribution in [-0.2, 0) is 11.3 Å². The lowest BCUT2D eigenvalue weighted by Crippen LogP contribution is -2.28. The number of aromatic amines is 1. The zero-order valence-electron chi connectivity index (χ0n) is 20.1. The normalized spacial score (nSPS) is 12.0. The minimum atomic E-state index is -0.115. The van der Waals surface area contributed by atoms with Crippen LogP contribution in [0.1, 0.15) is 59.1 Å². The third kappa shape index (κ3) is 7.78. The van der Waals surface area contributed by atoms with E-state index in [2.05, 4.69) is 68.8 Å². The standard InChI is InChI=1S/C25H34N6O2S/c1-26-23(32)8-6-4-5-7-20(13-29-25(33)22-15-27-17-34-22)24-28-14-21(30-24)19-11-9-18(10-12-19)16-31(2)3/h9-12,14-15,17,20H,4-8,13,16H2,1-3H3,(H,26,32)(H,28,30)(H,29,33). The van der Waals surface area contributed by atoms with Gasteiger partial charge in [0.2, 0.25) is 5.91 Å². The van der Waals surface area contributed by atoms with Crippen molar-refractivity contribution in [3.63, 3.8) is 0 Å². The topological polar surface area (TPSA) is 103 Å². The average molecular weight is 483 g/mol. The fourth-order valence-electron chi connectivity index (χ4n) is 3.79. The summed E-state index contributed by atoms with van der Waals surface area (Å²) in [5.41, 5.74) is 4.96. The minimum Gasteiger partial charge on any atom is -0.359 e. The van der Waals surface area contributed by atoms with Gasteiger partial charge in [-0.3, -0.25) is 14.6 Å². The summed E-state index contributed by atoms with van der Waals surface area (Å²) in [7, 11) is 5.78. The van der Waals surface area contributed by atoms with Crippen LogP contribution in [0, 0.1) is 0 Å². The summed E-state index contributed by atoms with van der Waals surface area (Å²) in [6, 6.07) is 8.48. The van der Waals surface area contributed by atoms with E-state index < -0.39 is 0 Å². The molecule has 0 aliphatic carbocycles. The van der Waals surface area contributed by atoms with Crippen LogP contribution < -0.4 is 10.6 Å². The lowest BCUT2D eigenvalue weighted by atomic mass is 9.99. The van der Waals surface area contributed by atoms with Gasteiger partial charge in [0.05, 0.1) is 23.6 Å². The number of amides is 2. The monoisotopic (exact) mass is 482 g/mol. The predicted molar refractivity (Wildman–Crippen MR) is 136 cm³/mol. The van der Waals surface area contributed by atoms with Crippen LogP contribution in [0.3, 0.4) is 0 Å². The number of unbranched alkanes of at least 4 members (excludes halogenated alkanes) is 2. The lowest BCUT2D eigenvalue weighted by molar-refractivity contribution is -0.120. The van der Waals surface area contributed by atoms with Gasteiger partial charge in [-0.25, -0.2) is 4.98 Å². The maximum absolute atomic E-state index is 12.4. The smallest absolute Gasteiger partial charge is 0.263 e. The van der Waals surface area contributed by atoms with Crippen LogP contribution >= 0.6 is 11.3 Å². The Hall–Kier alpha value is -3.04. The summed E-state index contributed by atoms with van der Waals surface area (Å²) in [5, 5.41) is 5.69. The third-order valence-corrected chi connectivity index (χ3v) is 6.42. The van der Waals surface area contributed by atoms with Gasteiger partial charge >= 0.3 is 0 Å². The lowest BCUT2D eigenvalue weighted by Gasteiger charge is -2.15. The molecule has 0 bridgehead atoms. The highest BCUT2D eigenvalue weighted by Gasteiger charge is 2.18. The number of aromatic nitrogens is 3. The molecule has 0 saturated carbocycles. The van der Waals surface area contributed by atoms with Gasteiger partial charge in [-0.1, -0.05) is 37.1 Å². The Labute approximate surface area is 205 Å². The van der Waals surface area contributed by atoms with E-state index in [1.165, 1.54) is 16.9 Å². The second-order valence-corrected chi connectivity index (χ2v) is 9.55. The van der Waals surface area contributed by atoms with Crippen molar-refractivity contribution < 1.29 is 9.59 Å². The molecule has 0 fully saturated rings. The van der Waals surface area contributed by atoms with Crippen molar-refractivity contribution in [3.8, 4) is 11.3 Å². The summed E-state index contributed by atoms with van der Waals surface area (Å²) in [4.78, 5) is 38.7. The van der Waals surface area contributed by atoms with E-state index >= 15 is 0 Å². The van der Waals surface area contributed by atoms with Gasteiger partial charge in [-0.2, -0.15) is 0 Å². The molecule has 2 aromatic heterocycles. The summed E-state index contributed by atoms with van der Waals surface area (Å²) in [5.74, 6) is 0.873. The van der Waals surface area contributed by atoms with Crippen molar-refractivity contribution in [2.45, 2.75) is 44.6 Å². The molecule has 0 spiro atoms. The average Bonchev–Trinajstić information content (AvgIpc) is 3.53. The SMILES string of the molecule is CNC(=O)CCCCCC(CNC(=O)c1cncs1)c1ncc(-c2ccc(CN(C)C)cc2)[nH]1. The van der Waals surface area contributed by atoms with Crippen molar-refractivity contribution in [2.75, 3.05) is 27.7 Å². The van der Waals surface area contributed by atoms with E-state index in [1.807, 2.05) is 6.20 Å². The van der Waals surface area contributed by atoms with E-state index in [0.717, 1.165) is 49.3 Å². The third-order valence-electron chi connectivity index (χ3n) is 5.65. The van der Waals surface area contributed by atoms with E-state index in [0.29, 0.717) is 17.8 Å². The molecular weight excluding hydrogens is 448 g/mol. The first-order valence-electron chi connectivity index (χ1n) is 11.6. The van der Waals surface area contributed by atoms with Crippen molar-refractivity contribution >= 4 is 23.2 Å². The van der Waals surface area contributed by atoms with Crippen LogP contribution in [0.4, 0.5) is 0 Å². The zero-order chi connectivity index (χ0) is 24.3. The molecule has 0 radical (unpaired) electrons. The first-order valence-corrected chi connectivity index (χ1v) is 12.5. The molecule has 34 heavy (non-hydrogen) atoms. The minimum absolute atomic E-state index is 0.0543. The maximum Gasteiger partial charge on any atom is 0.263 e. The summed E-state index contributed by atoms with van der Waals surface area (Å²) in [6.07, 6.45) is 7.60. The second-order valence-electron chi connectivity index (χ2n) is 8.66. The highest BCUT2D eigenvalue weighted by molar-refractivity contribution is 7.11. The molecule has 2 heterocycles. The van der Waals surface area contributed by atoms with Gasteiger partial charge in [0.15, 0.2) is 0 Å². The summed E-state index contributed by atoms with van der Waals surface area (Å²) >= 11 is 1.33. The Kier molecular flexibility index (Phi) is 9.78. The number of carbonyl (C=O) groups excluding carboxylic acids is 2. The molecule has 1 unspecified atom stereocenters. The van der Waals surface area contributed by atoms with E-state index in [4.69, 9.17) is 0 Å². The molecule has 3 rings (SSSR count). The molecule has 0 saturated heterocycles. The van der Waals surface area contributed by atoms with E-state index in [1.54, 1.807) is 18.8 Å². The Balaban J connectivity index is 1.64. The number of rotatable bonds is 13. The number of benzene rings is 1. The van der Waals surface area contributed by atoms with Crippen molar-refractivity contribution in [1.29, 1.82) is 0 Å². The first-order chi connectivity index (χ1) is 16.5. The van der Waals surface area contributed by atoms with Crippen LogP contribution in [0.15, 0.2) is 42.2 Å². The molecule has 2 amide bonds. The number of nitrogens with one attached hydrogen (secondary N) is 3. The number of hydrogen-bond donors (Lipinski definition) is 3. The number of hydrogen-bond acceptors (Lipinski definition) is 6. The fourth-order valence-corrected chi connectivity index (χ4v) is 4.33.